The van der Waals surface area contributed by atoms with Gasteiger partial charge in [-0.25, -0.2) is 0 Å². The second-order valence-corrected chi connectivity index (χ2v) is 9.19. The lowest BCUT2D eigenvalue weighted by atomic mass is 9.91. The molecule has 40 heavy (non-hydrogen) atoms. The average molecular weight is 548 g/mol. The van der Waals surface area contributed by atoms with Gasteiger partial charge in [0, 0.05) is 12.6 Å². The molecule has 0 bridgehead atoms. The van der Waals surface area contributed by atoms with Crippen LogP contribution in [0, 0.1) is 17.2 Å². The van der Waals surface area contributed by atoms with E-state index in [0.717, 1.165) is 16.7 Å². The summed E-state index contributed by atoms with van der Waals surface area (Å²) in [5, 5.41) is 26.2. The molecule has 0 amide bonds. The van der Waals surface area contributed by atoms with Gasteiger partial charge in [0.05, 0.1) is 46.0 Å². The van der Waals surface area contributed by atoms with Gasteiger partial charge in [-0.1, -0.05) is 24.3 Å². The topological polar surface area (TPSA) is 122 Å². The number of carbonyl (C=O) groups is 1. The van der Waals surface area contributed by atoms with Crippen LogP contribution in [0.25, 0.3) is 0 Å². The summed E-state index contributed by atoms with van der Waals surface area (Å²) in [7, 11) is 6.38. The van der Waals surface area contributed by atoms with E-state index < -0.39 is 17.9 Å². The number of nitriles is 1. The van der Waals surface area contributed by atoms with E-state index in [-0.39, 0.29) is 6.54 Å². The van der Waals surface area contributed by atoms with Crippen molar-refractivity contribution >= 4 is 5.97 Å². The van der Waals surface area contributed by atoms with Gasteiger partial charge in [-0.05, 0) is 79.0 Å². The largest absolute Gasteiger partial charge is 0.493 e. The standard InChI is InChI=1S/C31H37N3O6/c1-37-26-11-7-21(17-28(26)39-3)13-15-33-20-25(31(35)36)30(24-9-5-23(19-32)6-10-24)34-16-14-22-8-12-27(38-2)29(18-22)40-4/h5-12,17-18,25,30,33-34H,13-16,20H2,1-4H3,(H,35,36). The highest BCUT2D eigenvalue weighted by molar-refractivity contribution is 5.71. The predicted molar refractivity (Wildman–Crippen MR) is 152 cm³/mol. The fourth-order valence-electron chi connectivity index (χ4n) is 4.54. The Morgan fingerprint density at radius 1 is 0.800 bits per heavy atom. The Bertz CT molecular complexity index is 1290. The lowest BCUT2D eigenvalue weighted by Crippen LogP contribution is -2.40. The minimum absolute atomic E-state index is 0.261. The number of carboxylic acid groups (broad SMARTS) is 1. The Balaban J connectivity index is 1.69. The van der Waals surface area contributed by atoms with Crippen LogP contribution in [0.3, 0.4) is 0 Å². The van der Waals surface area contributed by atoms with E-state index in [1.54, 1.807) is 40.6 Å². The van der Waals surface area contributed by atoms with Crippen LogP contribution in [-0.2, 0) is 17.6 Å². The summed E-state index contributed by atoms with van der Waals surface area (Å²) in [6.45, 7) is 1.39. The summed E-state index contributed by atoms with van der Waals surface area (Å²) in [5.41, 5.74) is 3.41. The number of nitrogens with zero attached hydrogens (tertiary/aromatic N) is 1. The van der Waals surface area contributed by atoms with E-state index in [1.807, 2.05) is 48.5 Å². The molecule has 9 nitrogen and oxygen atoms in total. The molecule has 0 spiro atoms. The third-order valence-corrected chi connectivity index (χ3v) is 6.75. The Morgan fingerprint density at radius 3 is 1.80 bits per heavy atom. The monoisotopic (exact) mass is 547 g/mol. The zero-order valence-corrected chi connectivity index (χ0v) is 23.4. The average Bonchev–Trinajstić information content (AvgIpc) is 2.99. The van der Waals surface area contributed by atoms with E-state index in [0.29, 0.717) is 54.5 Å². The van der Waals surface area contributed by atoms with Crippen LogP contribution in [0.2, 0.25) is 0 Å². The maximum absolute atomic E-state index is 12.4. The maximum atomic E-state index is 12.4. The second kappa shape index (κ2) is 15.4. The molecular formula is C31H37N3O6. The first-order valence-corrected chi connectivity index (χ1v) is 13.0. The number of hydrogen-bond donors (Lipinski definition) is 3. The van der Waals surface area contributed by atoms with Crippen molar-refractivity contribution in [3.05, 3.63) is 82.9 Å². The van der Waals surface area contributed by atoms with Gasteiger partial charge in [0.2, 0.25) is 0 Å². The number of hydrogen-bond acceptors (Lipinski definition) is 8. The van der Waals surface area contributed by atoms with Crippen LogP contribution in [0.5, 0.6) is 23.0 Å². The molecule has 0 aromatic heterocycles. The molecule has 2 atom stereocenters. The summed E-state index contributed by atoms with van der Waals surface area (Å²) in [6.07, 6.45) is 1.35. The van der Waals surface area contributed by atoms with Gasteiger partial charge in [-0.15, -0.1) is 0 Å². The molecule has 0 radical (unpaired) electrons. The van der Waals surface area contributed by atoms with Crippen LogP contribution in [0.15, 0.2) is 60.7 Å². The molecule has 0 aliphatic heterocycles. The van der Waals surface area contributed by atoms with Crippen LogP contribution >= 0.6 is 0 Å². The van der Waals surface area contributed by atoms with Crippen molar-refractivity contribution in [3.8, 4) is 29.1 Å². The van der Waals surface area contributed by atoms with E-state index in [1.165, 1.54) is 0 Å². The molecule has 0 aliphatic rings. The van der Waals surface area contributed by atoms with Crippen LogP contribution < -0.4 is 29.6 Å². The van der Waals surface area contributed by atoms with E-state index in [4.69, 9.17) is 18.9 Å². The molecule has 9 heteroatoms. The minimum Gasteiger partial charge on any atom is -0.493 e. The molecule has 0 aliphatic carbocycles. The van der Waals surface area contributed by atoms with E-state index >= 15 is 0 Å². The summed E-state index contributed by atoms with van der Waals surface area (Å²) >= 11 is 0. The summed E-state index contributed by atoms with van der Waals surface area (Å²) in [4.78, 5) is 12.4. The number of ether oxygens (including phenoxy) is 4. The van der Waals surface area contributed by atoms with E-state index in [9.17, 15) is 15.2 Å². The quantitative estimate of drug-likeness (QED) is 0.228. The Morgan fingerprint density at radius 2 is 1.32 bits per heavy atom. The number of nitrogens with one attached hydrogen (secondary N) is 2. The van der Waals surface area contributed by atoms with Gasteiger partial charge in [0.1, 0.15) is 0 Å². The molecular weight excluding hydrogens is 510 g/mol. The van der Waals surface area contributed by atoms with Crippen LogP contribution in [-0.4, -0.2) is 59.1 Å². The second-order valence-electron chi connectivity index (χ2n) is 9.19. The Hall–Kier alpha value is -4.26. The number of rotatable bonds is 16. The Kier molecular flexibility index (Phi) is 11.6. The SMILES string of the molecule is COc1ccc(CCNCC(C(=O)O)C(NCCc2ccc(OC)c(OC)c2)c2ccc(C#N)cc2)cc1OC. The van der Waals surface area contributed by atoms with Gasteiger partial charge >= 0.3 is 5.97 Å². The first kappa shape index (κ1) is 30.3. The molecule has 3 aromatic rings. The Labute approximate surface area is 235 Å². The third kappa shape index (κ3) is 8.12. The van der Waals surface area contributed by atoms with Crippen molar-refractivity contribution in [2.45, 2.75) is 18.9 Å². The molecule has 212 valence electrons. The molecule has 2 unspecified atom stereocenters. The number of carboxylic acids is 1. The molecule has 3 N–H and O–H groups in total. The molecule has 0 fully saturated rings. The van der Waals surface area contributed by atoms with Crippen LogP contribution in [0.4, 0.5) is 0 Å². The summed E-state index contributed by atoms with van der Waals surface area (Å²) in [6, 6.07) is 20.2. The molecule has 3 aromatic carbocycles. The molecule has 0 saturated heterocycles. The minimum atomic E-state index is -0.911. The first-order valence-electron chi connectivity index (χ1n) is 13.0. The van der Waals surface area contributed by atoms with Crippen molar-refractivity contribution in [1.82, 2.24) is 10.6 Å². The van der Waals surface area contributed by atoms with Crippen molar-refractivity contribution in [2.75, 3.05) is 48.1 Å². The predicted octanol–water partition coefficient (Wildman–Crippen LogP) is 4.00. The fourth-order valence-corrected chi connectivity index (χ4v) is 4.54. The highest BCUT2D eigenvalue weighted by Gasteiger charge is 2.29. The summed E-state index contributed by atoms with van der Waals surface area (Å²) < 4.78 is 21.4. The highest BCUT2D eigenvalue weighted by atomic mass is 16.5. The van der Waals surface area contributed by atoms with Crippen molar-refractivity contribution in [3.63, 3.8) is 0 Å². The van der Waals surface area contributed by atoms with Gasteiger partial charge in [0.25, 0.3) is 0 Å². The smallest absolute Gasteiger partial charge is 0.309 e. The van der Waals surface area contributed by atoms with Crippen LogP contribution in [0.1, 0.15) is 28.3 Å². The van der Waals surface area contributed by atoms with Crippen molar-refractivity contribution in [2.24, 2.45) is 5.92 Å². The molecule has 3 rings (SSSR count). The zero-order valence-electron chi connectivity index (χ0n) is 23.4. The molecule has 0 heterocycles. The lowest BCUT2D eigenvalue weighted by molar-refractivity contribution is -0.142. The number of aliphatic carboxylic acids is 1. The normalized spacial score (nSPS) is 12.2. The van der Waals surface area contributed by atoms with Gasteiger partial charge < -0.3 is 34.7 Å². The van der Waals surface area contributed by atoms with Gasteiger partial charge in [-0.3, -0.25) is 4.79 Å². The zero-order chi connectivity index (χ0) is 28.9. The number of benzene rings is 3. The fraction of sp³-hybridized carbons (Fsp3) is 0.355. The van der Waals surface area contributed by atoms with Crippen molar-refractivity contribution < 1.29 is 28.8 Å². The maximum Gasteiger partial charge on any atom is 0.309 e. The number of methoxy groups -OCH3 is 4. The van der Waals surface area contributed by atoms with E-state index in [2.05, 4.69) is 16.7 Å². The molecule has 0 saturated carbocycles. The third-order valence-electron chi connectivity index (χ3n) is 6.75. The highest BCUT2D eigenvalue weighted by Crippen LogP contribution is 2.29. The van der Waals surface area contributed by atoms with Gasteiger partial charge in [0.15, 0.2) is 23.0 Å². The summed E-state index contributed by atoms with van der Waals surface area (Å²) in [5.74, 6) is 0.957. The lowest BCUT2D eigenvalue weighted by Gasteiger charge is -2.26. The van der Waals surface area contributed by atoms with Crippen molar-refractivity contribution in [1.29, 1.82) is 5.26 Å². The van der Waals surface area contributed by atoms with Gasteiger partial charge in [-0.2, -0.15) is 5.26 Å². The first-order chi connectivity index (χ1) is 19.4.